The minimum atomic E-state index is -1.88. The quantitative estimate of drug-likeness (QED) is 0.269. The Kier molecular flexibility index (Phi) is 7.64. The van der Waals surface area contributed by atoms with Gasteiger partial charge in [0.15, 0.2) is 14.1 Å². The minimum Gasteiger partial charge on any atom is -0.490 e. The van der Waals surface area contributed by atoms with E-state index in [4.69, 9.17) is 14.1 Å². The average molecular weight is 575 g/mol. The summed E-state index contributed by atoms with van der Waals surface area (Å²) in [5.74, 6) is 1.66. The molecule has 0 saturated carbocycles. The van der Waals surface area contributed by atoms with E-state index in [-0.39, 0.29) is 29.0 Å². The monoisotopic (exact) mass is 574 g/mol. The van der Waals surface area contributed by atoms with E-state index < -0.39 is 8.32 Å². The van der Waals surface area contributed by atoms with Crippen LogP contribution in [0, 0.1) is 17.2 Å². The van der Waals surface area contributed by atoms with Gasteiger partial charge in [0.25, 0.3) is 0 Å². The van der Waals surface area contributed by atoms with E-state index >= 15 is 0 Å². The van der Waals surface area contributed by atoms with Gasteiger partial charge in [0.1, 0.15) is 16.8 Å². The van der Waals surface area contributed by atoms with E-state index in [0.717, 1.165) is 22.6 Å². The van der Waals surface area contributed by atoms with E-state index in [0.29, 0.717) is 36.7 Å². The van der Waals surface area contributed by atoms with E-state index in [1.165, 1.54) is 22.7 Å². The van der Waals surface area contributed by atoms with Crippen molar-refractivity contribution < 1.29 is 14.0 Å². The lowest BCUT2D eigenvalue weighted by molar-refractivity contribution is -0.129. The van der Waals surface area contributed by atoms with E-state index in [1.54, 1.807) is 6.07 Å². The molecule has 0 radical (unpaired) electrons. The lowest BCUT2D eigenvalue weighted by Crippen LogP contribution is -2.43. The van der Waals surface area contributed by atoms with Crippen LogP contribution in [0.2, 0.25) is 18.1 Å². The minimum absolute atomic E-state index is 0.0162. The molecule has 0 spiro atoms. The number of carbonyl (C=O) groups excluding carboxylic acids is 1. The number of likely N-dealkylation sites (tertiary alicyclic amines) is 1. The second-order valence-electron chi connectivity index (χ2n) is 12.6. The summed E-state index contributed by atoms with van der Waals surface area (Å²) >= 11 is 1.37. The van der Waals surface area contributed by atoms with Crippen molar-refractivity contribution in [2.45, 2.75) is 77.7 Å². The standard InChI is InChI=1S/C31H38N4O3SSi/c1-19(2)38-26-12-11-20(15-22(26)18-32)29-33-30(39-34-29)24-10-8-9-23-25(24)16-21-17-27(36)35(28(21)23)13-14-37-40(6,7)31(3,4)5/h8-12,15,19,21,28H,13-14,16-17H2,1-7H3. The highest BCUT2D eigenvalue weighted by atomic mass is 32.1. The van der Waals surface area contributed by atoms with Gasteiger partial charge in [0, 0.05) is 24.1 Å². The number of hydrogen-bond donors (Lipinski definition) is 0. The summed E-state index contributed by atoms with van der Waals surface area (Å²) in [7, 11) is -1.88. The molecule has 1 fully saturated rings. The lowest BCUT2D eigenvalue weighted by Gasteiger charge is -2.37. The smallest absolute Gasteiger partial charge is 0.223 e. The summed E-state index contributed by atoms with van der Waals surface area (Å²) in [6.07, 6.45) is 1.41. The largest absolute Gasteiger partial charge is 0.490 e. The Morgan fingerprint density at radius 3 is 2.67 bits per heavy atom. The van der Waals surface area contributed by atoms with Crippen LogP contribution in [-0.4, -0.2) is 47.7 Å². The van der Waals surface area contributed by atoms with E-state index in [9.17, 15) is 10.1 Å². The van der Waals surface area contributed by atoms with Crippen LogP contribution in [0.5, 0.6) is 5.75 Å². The van der Waals surface area contributed by atoms with Gasteiger partial charge >= 0.3 is 0 Å². The Hall–Kier alpha value is -3.06. The molecule has 5 rings (SSSR count). The van der Waals surface area contributed by atoms with Crippen molar-refractivity contribution in [1.29, 1.82) is 5.26 Å². The fourth-order valence-electron chi connectivity index (χ4n) is 5.48. The number of aromatic nitrogens is 2. The molecular weight excluding hydrogens is 537 g/mol. The number of nitrogens with zero attached hydrogens (tertiary/aromatic N) is 4. The third kappa shape index (κ3) is 5.32. The Balaban J connectivity index is 1.38. The predicted molar refractivity (Wildman–Crippen MR) is 161 cm³/mol. The summed E-state index contributed by atoms with van der Waals surface area (Å²) in [6.45, 7) is 16.3. The van der Waals surface area contributed by atoms with Crippen molar-refractivity contribution in [3.8, 4) is 33.8 Å². The Labute approximate surface area is 242 Å². The first kappa shape index (κ1) is 28.5. The van der Waals surface area contributed by atoms with Gasteiger partial charge in [-0.2, -0.15) is 9.64 Å². The molecule has 7 nitrogen and oxygen atoms in total. The number of rotatable bonds is 8. The van der Waals surface area contributed by atoms with E-state index in [2.05, 4.69) is 62.5 Å². The third-order valence-corrected chi connectivity index (χ3v) is 13.8. The molecule has 2 heterocycles. The van der Waals surface area contributed by atoms with Crippen LogP contribution in [0.3, 0.4) is 0 Å². The maximum Gasteiger partial charge on any atom is 0.223 e. The van der Waals surface area contributed by atoms with Gasteiger partial charge in [-0.05, 0) is 85.2 Å². The molecule has 1 aromatic heterocycles. The zero-order valence-corrected chi connectivity index (χ0v) is 26.3. The maximum atomic E-state index is 13.0. The van der Waals surface area contributed by atoms with Crippen LogP contribution in [0.25, 0.3) is 22.0 Å². The van der Waals surface area contributed by atoms with Gasteiger partial charge in [-0.15, -0.1) is 0 Å². The highest BCUT2D eigenvalue weighted by Crippen LogP contribution is 2.50. The Morgan fingerprint density at radius 2 is 1.98 bits per heavy atom. The molecule has 9 heteroatoms. The van der Waals surface area contributed by atoms with Crippen LogP contribution in [0.4, 0.5) is 0 Å². The molecule has 2 unspecified atom stereocenters. The molecule has 1 aliphatic carbocycles. The normalized spacial score (nSPS) is 18.7. The summed E-state index contributed by atoms with van der Waals surface area (Å²) in [5.41, 5.74) is 4.83. The molecule has 2 atom stereocenters. The van der Waals surface area contributed by atoms with Crippen molar-refractivity contribution in [2.24, 2.45) is 5.92 Å². The average Bonchev–Trinajstić information content (AvgIpc) is 3.58. The summed E-state index contributed by atoms with van der Waals surface area (Å²) < 4.78 is 16.8. The molecule has 40 heavy (non-hydrogen) atoms. The van der Waals surface area contributed by atoms with Crippen molar-refractivity contribution >= 4 is 25.8 Å². The zero-order chi connectivity index (χ0) is 28.8. The fourth-order valence-corrected chi connectivity index (χ4v) is 7.25. The summed E-state index contributed by atoms with van der Waals surface area (Å²) in [6, 6.07) is 14.2. The molecule has 210 valence electrons. The summed E-state index contributed by atoms with van der Waals surface area (Å²) in [5, 5.41) is 10.6. The molecule has 1 aliphatic heterocycles. The summed E-state index contributed by atoms with van der Waals surface area (Å²) in [4.78, 5) is 20.0. The van der Waals surface area contributed by atoms with Crippen LogP contribution < -0.4 is 4.74 Å². The van der Waals surface area contributed by atoms with Gasteiger partial charge in [-0.3, -0.25) is 4.79 Å². The number of benzene rings is 2. The number of amides is 1. The van der Waals surface area contributed by atoms with E-state index in [1.807, 2.05) is 30.9 Å². The Morgan fingerprint density at radius 1 is 1.20 bits per heavy atom. The molecule has 0 N–H and O–H groups in total. The van der Waals surface area contributed by atoms with Gasteiger partial charge in [0.2, 0.25) is 5.91 Å². The molecule has 3 aromatic rings. The molecule has 2 aliphatic rings. The maximum absolute atomic E-state index is 13.0. The highest BCUT2D eigenvalue weighted by Gasteiger charge is 2.46. The molecular formula is C31H38N4O3SSi. The van der Waals surface area contributed by atoms with Gasteiger partial charge < -0.3 is 14.1 Å². The third-order valence-electron chi connectivity index (χ3n) is 8.52. The number of hydrogen-bond acceptors (Lipinski definition) is 7. The zero-order valence-electron chi connectivity index (χ0n) is 24.4. The Bertz CT molecular complexity index is 1470. The SMILES string of the molecule is CC(C)Oc1ccc(-c2nsc(-c3cccc4c3CC3CC(=O)N(CCO[Si](C)(C)C(C)(C)C)C43)n2)cc1C#N. The number of nitriles is 1. The van der Waals surface area contributed by atoms with Crippen LogP contribution in [-0.2, 0) is 15.6 Å². The predicted octanol–water partition coefficient (Wildman–Crippen LogP) is 7.00. The molecule has 2 aromatic carbocycles. The van der Waals surface area contributed by atoms with Crippen LogP contribution in [0.1, 0.15) is 63.8 Å². The highest BCUT2D eigenvalue weighted by molar-refractivity contribution is 7.09. The second-order valence-corrected chi connectivity index (χ2v) is 18.2. The number of carbonyl (C=O) groups is 1. The molecule has 1 amide bonds. The lowest BCUT2D eigenvalue weighted by atomic mass is 10.0. The number of ether oxygens (including phenoxy) is 1. The number of fused-ring (bicyclic) bond motifs is 3. The topological polar surface area (TPSA) is 88.3 Å². The van der Waals surface area contributed by atoms with Gasteiger partial charge in [-0.1, -0.05) is 39.0 Å². The van der Waals surface area contributed by atoms with Crippen molar-refractivity contribution in [3.63, 3.8) is 0 Å². The first-order valence-corrected chi connectivity index (χ1v) is 17.7. The molecule has 1 saturated heterocycles. The van der Waals surface area contributed by atoms with Crippen molar-refractivity contribution in [2.75, 3.05) is 13.2 Å². The first-order chi connectivity index (χ1) is 18.9. The van der Waals surface area contributed by atoms with Crippen molar-refractivity contribution in [3.05, 3.63) is 53.1 Å². The van der Waals surface area contributed by atoms with Gasteiger partial charge in [0.05, 0.1) is 24.3 Å². The van der Waals surface area contributed by atoms with Crippen LogP contribution in [0.15, 0.2) is 36.4 Å². The molecule has 0 bridgehead atoms. The van der Waals surface area contributed by atoms with Crippen molar-refractivity contribution in [1.82, 2.24) is 14.3 Å². The fraction of sp³-hybridized carbons (Fsp3) is 0.484. The van der Waals surface area contributed by atoms with Gasteiger partial charge in [-0.25, -0.2) is 4.98 Å². The van der Waals surface area contributed by atoms with Crippen LogP contribution >= 0.6 is 11.5 Å². The second kappa shape index (κ2) is 10.7. The first-order valence-electron chi connectivity index (χ1n) is 14.0.